The molecule has 1 aliphatic heterocycles. The minimum absolute atomic E-state index is 0.199. The van der Waals surface area contributed by atoms with Crippen LogP contribution in [0.5, 0.6) is 0 Å². The van der Waals surface area contributed by atoms with Crippen molar-refractivity contribution in [1.29, 1.82) is 0 Å². The molecule has 0 saturated heterocycles. The second-order valence-corrected chi connectivity index (χ2v) is 5.47. The topological polar surface area (TPSA) is 86.4 Å². The third-order valence-electron chi connectivity index (χ3n) is 4.08. The minimum Gasteiger partial charge on any atom is -0.467 e. The van der Waals surface area contributed by atoms with E-state index in [1.165, 1.54) is 6.26 Å². The van der Waals surface area contributed by atoms with Crippen molar-refractivity contribution in [3.05, 3.63) is 48.4 Å². The maximum Gasteiger partial charge on any atom is 0.321 e. The number of nitrogens with one attached hydrogen (secondary N) is 1. The highest BCUT2D eigenvalue weighted by molar-refractivity contribution is 6.07. The van der Waals surface area contributed by atoms with Crippen LogP contribution in [-0.4, -0.2) is 28.0 Å². The summed E-state index contributed by atoms with van der Waals surface area (Å²) in [6.07, 6.45) is 1.52. The Labute approximate surface area is 137 Å². The zero-order chi connectivity index (χ0) is 16.7. The summed E-state index contributed by atoms with van der Waals surface area (Å²) in [5.41, 5.74) is 1.54. The van der Waals surface area contributed by atoms with Crippen molar-refractivity contribution in [3.8, 4) is 0 Å². The van der Waals surface area contributed by atoms with E-state index in [0.29, 0.717) is 11.7 Å². The molecule has 2 aromatic heterocycles. The van der Waals surface area contributed by atoms with E-state index in [1.807, 2.05) is 28.8 Å². The standard InChI is InChI=1S/C17H15N3O4/c1-2-23-16(22)13-14(12-8-5-9-24-12)20-11-7-4-3-6-10(11)18-17(20)19-15(13)21/h3-9,13-14H,2H2,1H3,(H,18,19,21)/t13-,14-/m0/s1. The molecule has 1 aromatic carbocycles. The molecule has 0 saturated carbocycles. The first kappa shape index (κ1) is 14.5. The molecule has 24 heavy (non-hydrogen) atoms. The van der Waals surface area contributed by atoms with E-state index in [4.69, 9.17) is 9.15 Å². The fraction of sp³-hybridized carbons (Fsp3) is 0.235. The highest BCUT2D eigenvalue weighted by atomic mass is 16.5. The molecular formula is C17H15N3O4. The number of furan rings is 1. The first-order valence-electron chi connectivity index (χ1n) is 7.68. The van der Waals surface area contributed by atoms with E-state index in [9.17, 15) is 9.59 Å². The molecule has 7 heteroatoms. The zero-order valence-corrected chi connectivity index (χ0v) is 12.9. The first-order chi connectivity index (χ1) is 11.7. The highest BCUT2D eigenvalue weighted by Gasteiger charge is 2.45. The number of nitrogens with zero attached hydrogens (tertiary/aromatic N) is 2. The predicted octanol–water partition coefficient (Wildman–Crippen LogP) is 2.35. The Morgan fingerprint density at radius 1 is 1.33 bits per heavy atom. The van der Waals surface area contributed by atoms with E-state index >= 15 is 0 Å². The number of carbonyl (C=O) groups excluding carboxylic acids is 2. The lowest BCUT2D eigenvalue weighted by molar-refractivity contribution is -0.152. The van der Waals surface area contributed by atoms with Crippen LogP contribution in [0.25, 0.3) is 11.0 Å². The van der Waals surface area contributed by atoms with E-state index in [2.05, 4.69) is 10.3 Å². The summed E-state index contributed by atoms with van der Waals surface area (Å²) in [5.74, 6) is -1.17. The number of imidazole rings is 1. The Morgan fingerprint density at radius 3 is 2.92 bits per heavy atom. The molecule has 122 valence electrons. The Bertz CT molecular complexity index is 913. The van der Waals surface area contributed by atoms with Gasteiger partial charge >= 0.3 is 5.97 Å². The number of ether oxygens (including phenoxy) is 1. The first-order valence-corrected chi connectivity index (χ1v) is 7.68. The van der Waals surface area contributed by atoms with Crippen LogP contribution in [0, 0.1) is 5.92 Å². The van der Waals surface area contributed by atoms with E-state index < -0.39 is 23.8 Å². The van der Waals surface area contributed by atoms with Crippen LogP contribution in [0.4, 0.5) is 5.95 Å². The Kier molecular flexibility index (Phi) is 3.34. The van der Waals surface area contributed by atoms with Gasteiger partial charge in [0.05, 0.1) is 23.9 Å². The van der Waals surface area contributed by atoms with Crippen molar-refractivity contribution in [1.82, 2.24) is 9.55 Å². The Hall–Kier alpha value is -3.09. The fourth-order valence-electron chi connectivity index (χ4n) is 3.11. The summed E-state index contributed by atoms with van der Waals surface area (Å²) in [6.45, 7) is 1.91. The van der Waals surface area contributed by atoms with Gasteiger partial charge in [-0.1, -0.05) is 12.1 Å². The largest absolute Gasteiger partial charge is 0.467 e. The predicted molar refractivity (Wildman–Crippen MR) is 85.3 cm³/mol. The number of fused-ring (bicyclic) bond motifs is 3. The van der Waals surface area contributed by atoms with E-state index in [-0.39, 0.29) is 6.61 Å². The molecular weight excluding hydrogens is 310 g/mol. The number of benzene rings is 1. The number of aromatic nitrogens is 2. The maximum absolute atomic E-state index is 12.5. The van der Waals surface area contributed by atoms with Gasteiger partial charge in [0.15, 0.2) is 5.92 Å². The molecule has 7 nitrogen and oxygen atoms in total. The summed E-state index contributed by atoms with van der Waals surface area (Å²) in [7, 11) is 0. The second-order valence-electron chi connectivity index (χ2n) is 5.47. The van der Waals surface area contributed by atoms with Crippen LogP contribution in [0.2, 0.25) is 0 Å². The number of carbonyl (C=O) groups is 2. The number of anilines is 1. The van der Waals surface area contributed by atoms with Crippen LogP contribution < -0.4 is 5.32 Å². The quantitative estimate of drug-likeness (QED) is 0.590. The van der Waals surface area contributed by atoms with Crippen molar-refractivity contribution >= 4 is 28.9 Å². The molecule has 1 amide bonds. The summed E-state index contributed by atoms with van der Waals surface area (Å²) in [5, 5.41) is 2.70. The molecule has 0 aliphatic carbocycles. The number of esters is 1. The average Bonchev–Trinajstić information content (AvgIpc) is 3.21. The van der Waals surface area contributed by atoms with Gasteiger partial charge in [-0.25, -0.2) is 4.98 Å². The van der Waals surface area contributed by atoms with Gasteiger partial charge in [-0.2, -0.15) is 0 Å². The van der Waals surface area contributed by atoms with Crippen LogP contribution in [0.15, 0.2) is 47.1 Å². The van der Waals surface area contributed by atoms with Gasteiger partial charge in [0, 0.05) is 0 Å². The van der Waals surface area contributed by atoms with Crippen molar-refractivity contribution < 1.29 is 18.7 Å². The lowest BCUT2D eigenvalue weighted by Crippen LogP contribution is -2.43. The average molecular weight is 325 g/mol. The van der Waals surface area contributed by atoms with Gasteiger partial charge in [-0.15, -0.1) is 0 Å². The molecule has 4 rings (SSSR count). The lowest BCUT2D eigenvalue weighted by atomic mass is 9.94. The number of rotatable bonds is 3. The van der Waals surface area contributed by atoms with Gasteiger partial charge < -0.3 is 9.15 Å². The summed E-state index contributed by atoms with van der Waals surface area (Å²) < 4.78 is 12.4. The van der Waals surface area contributed by atoms with Crippen LogP contribution >= 0.6 is 0 Å². The lowest BCUT2D eigenvalue weighted by Gasteiger charge is -2.30. The number of hydrogen-bond acceptors (Lipinski definition) is 5. The molecule has 3 heterocycles. The smallest absolute Gasteiger partial charge is 0.321 e. The van der Waals surface area contributed by atoms with Crippen LogP contribution in [0.1, 0.15) is 18.7 Å². The molecule has 2 atom stereocenters. The molecule has 0 spiro atoms. The normalized spacial score (nSPS) is 19.8. The molecule has 0 fully saturated rings. The van der Waals surface area contributed by atoms with Gasteiger partial charge in [0.2, 0.25) is 11.9 Å². The zero-order valence-electron chi connectivity index (χ0n) is 12.9. The monoisotopic (exact) mass is 325 g/mol. The van der Waals surface area contributed by atoms with Gasteiger partial charge in [0.1, 0.15) is 11.8 Å². The summed E-state index contributed by atoms with van der Waals surface area (Å²) in [4.78, 5) is 29.4. The molecule has 3 aromatic rings. The highest BCUT2D eigenvalue weighted by Crippen LogP contribution is 2.38. The summed E-state index contributed by atoms with van der Waals surface area (Å²) in [6, 6.07) is 10.3. The van der Waals surface area contributed by atoms with Crippen molar-refractivity contribution in [3.63, 3.8) is 0 Å². The fourth-order valence-corrected chi connectivity index (χ4v) is 3.11. The number of para-hydroxylation sites is 2. The van der Waals surface area contributed by atoms with Gasteiger partial charge in [-0.3, -0.25) is 19.5 Å². The minimum atomic E-state index is -1.04. The molecule has 0 bridgehead atoms. The van der Waals surface area contributed by atoms with Crippen molar-refractivity contribution in [2.45, 2.75) is 13.0 Å². The van der Waals surface area contributed by atoms with Gasteiger partial charge in [-0.05, 0) is 31.2 Å². The van der Waals surface area contributed by atoms with Crippen molar-refractivity contribution in [2.24, 2.45) is 5.92 Å². The maximum atomic E-state index is 12.5. The van der Waals surface area contributed by atoms with E-state index in [0.717, 1.165) is 11.0 Å². The Morgan fingerprint density at radius 2 is 2.17 bits per heavy atom. The van der Waals surface area contributed by atoms with Crippen molar-refractivity contribution in [2.75, 3.05) is 11.9 Å². The third-order valence-corrected chi connectivity index (χ3v) is 4.08. The van der Waals surface area contributed by atoms with E-state index in [1.54, 1.807) is 19.1 Å². The van der Waals surface area contributed by atoms with Gasteiger partial charge in [0.25, 0.3) is 0 Å². The molecule has 1 N–H and O–H groups in total. The summed E-state index contributed by atoms with van der Waals surface area (Å²) >= 11 is 0. The SMILES string of the molecule is CCOC(=O)[C@@H]1C(=O)Nc2nc3ccccc3n2[C@H]1c1ccco1. The molecule has 0 radical (unpaired) electrons. The number of hydrogen-bond donors (Lipinski definition) is 1. The Balaban J connectivity index is 1.95. The molecule has 1 aliphatic rings. The van der Waals surface area contributed by atoms with Crippen LogP contribution in [-0.2, 0) is 14.3 Å². The van der Waals surface area contributed by atoms with Crippen LogP contribution in [0.3, 0.4) is 0 Å². The second kappa shape index (κ2) is 5.52. The third kappa shape index (κ3) is 2.09. The number of amides is 1. The molecule has 0 unspecified atom stereocenters.